The van der Waals surface area contributed by atoms with Gasteiger partial charge in [0.05, 0.1) is 11.7 Å². The lowest BCUT2D eigenvalue weighted by atomic mass is 9.78. The van der Waals surface area contributed by atoms with Gasteiger partial charge in [0, 0.05) is 11.5 Å². The monoisotopic (exact) mass is 220 g/mol. The molecule has 2 N–H and O–H groups in total. The van der Waals surface area contributed by atoms with Crippen LogP contribution < -0.4 is 10.6 Å². The molecular weight excluding hydrogens is 203 g/mol. The quantitative estimate of drug-likeness (QED) is 0.702. The van der Waals surface area contributed by atoms with E-state index >= 15 is 0 Å². The Hall–Kier alpha value is -1.09. The first-order valence-corrected chi connectivity index (χ1v) is 5.89. The highest BCUT2D eigenvalue weighted by molar-refractivity contribution is 5.61. The van der Waals surface area contributed by atoms with Crippen molar-refractivity contribution in [1.82, 2.24) is 5.32 Å². The number of hydrogen-bond acceptors (Lipinski definition) is 2. The maximum atomic E-state index is 13.7. The van der Waals surface area contributed by atoms with Crippen LogP contribution in [0.1, 0.15) is 31.7 Å². The summed E-state index contributed by atoms with van der Waals surface area (Å²) in [6, 6.07) is 5.70. The second kappa shape index (κ2) is 3.20. The molecule has 1 fully saturated rings. The first-order valence-electron chi connectivity index (χ1n) is 5.89. The highest BCUT2D eigenvalue weighted by atomic mass is 19.1. The van der Waals surface area contributed by atoms with E-state index in [0.29, 0.717) is 17.6 Å². The second-order valence-electron chi connectivity index (χ2n) is 5.37. The lowest BCUT2D eigenvalue weighted by Crippen LogP contribution is -2.57. The molecule has 16 heavy (non-hydrogen) atoms. The lowest BCUT2D eigenvalue weighted by molar-refractivity contribution is 0.256. The van der Waals surface area contributed by atoms with Crippen molar-refractivity contribution in [3.8, 4) is 0 Å². The van der Waals surface area contributed by atoms with Gasteiger partial charge < -0.3 is 10.6 Å². The van der Waals surface area contributed by atoms with E-state index in [0.717, 1.165) is 18.5 Å². The van der Waals surface area contributed by atoms with Crippen LogP contribution in [0.5, 0.6) is 0 Å². The Labute approximate surface area is 95.2 Å². The van der Waals surface area contributed by atoms with Gasteiger partial charge in [-0.1, -0.05) is 12.1 Å². The number of nitrogens with one attached hydrogen (secondary N) is 2. The van der Waals surface area contributed by atoms with Gasteiger partial charge in [0.25, 0.3) is 0 Å². The van der Waals surface area contributed by atoms with Crippen LogP contribution >= 0.6 is 0 Å². The van der Waals surface area contributed by atoms with Gasteiger partial charge in [0.15, 0.2) is 0 Å². The Morgan fingerprint density at radius 2 is 2.19 bits per heavy atom. The van der Waals surface area contributed by atoms with Gasteiger partial charge in [-0.05, 0) is 38.4 Å². The zero-order valence-corrected chi connectivity index (χ0v) is 9.68. The van der Waals surface area contributed by atoms with Crippen LogP contribution in [0.2, 0.25) is 0 Å². The SMILES string of the molecule is CC1(C)NCCC2c3cccc(F)c3NC21. The number of benzene rings is 1. The minimum atomic E-state index is -0.122. The van der Waals surface area contributed by atoms with E-state index < -0.39 is 0 Å². The fourth-order valence-corrected chi connectivity index (χ4v) is 3.10. The average Bonchev–Trinajstić information content (AvgIpc) is 2.60. The number of fused-ring (bicyclic) bond motifs is 3. The van der Waals surface area contributed by atoms with Crippen LogP contribution in [0, 0.1) is 5.82 Å². The molecule has 2 aliphatic rings. The number of halogens is 1. The van der Waals surface area contributed by atoms with Crippen molar-refractivity contribution in [1.29, 1.82) is 0 Å². The van der Waals surface area contributed by atoms with E-state index in [1.54, 1.807) is 0 Å². The molecule has 2 atom stereocenters. The van der Waals surface area contributed by atoms with Crippen LogP contribution in [-0.2, 0) is 0 Å². The highest BCUT2D eigenvalue weighted by Crippen LogP contribution is 2.44. The maximum Gasteiger partial charge on any atom is 0.146 e. The van der Waals surface area contributed by atoms with Gasteiger partial charge in [-0.15, -0.1) is 0 Å². The summed E-state index contributed by atoms with van der Waals surface area (Å²) in [4.78, 5) is 0. The van der Waals surface area contributed by atoms with Crippen molar-refractivity contribution >= 4 is 5.69 Å². The van der Waals surface area contributed by atoms with Crippen molar-refractivity contribution in [2.75, 3.05) is 11.9 Å². The third kappa shape index (κ3) is 1.27. The molecule has 2 aliphatic heterocycles. The van der Waals surface area contributed by atoms with Crippen LogP contribution in [0.25, 0.3) is 0 Å². The zero-order chi connectivity index (χ0) is 11.3. The summed E-state index contributed by atoms with van der Waals surface area (Å²) in [6.45, 7) is 5.37. The first-order chi connectivity index (χ1) is 7.59. The van der Waals surface area contributed by atoms with Gasteiger partial charge in [0.1, 0.15) is 5.82 Å². The Kier molecular flexibility index (Phi) is 2.02. The van der Waals surface area contributed by atoms with E-state index in [4.69, 9.17) is 0 Å². The van der Waals surface area contributed by atoms with E-state index in [1.165, 1.54) is 6.07 Å². The molecule has 2 unspecified atom stereocenters. The Balaban J connectivity index is 2.06. The predicted molar refractivity (Wildman–Crippen MR) is 63.3 cm³/mol. The fourth-order valence-electron chi connectivity index (χ4n) is 3.10. The molecule has 1 saturated heterocycles. The molecule has 3 heteroatoms. The van der Waals surface area contributed by atoms with Crippen LogP contribution in [0.4, 0.5) is 10.1 Å². The molecular formula is C13H17FN2. The van der Waals surface area contributed by atoms with Gasteiger partial charge in [-0.3, -0.25) is 0 Å². The van der Waals surface area contributed by atoms with Crippen LogP contribution in [0.15, 0.2) is 18.2 Å². The van der Waals surface area contributed by atoms with E-state index in [1.807, 2.05) is 6.07 Å². The molecule has 3 rings (SSSR count). The summed E-state index contributed by atoms with van der Waals surface area (Å²) in [7, 11) is 0. The summed E-state index contributed by atoms with van der Waals surface area (Å²) in [5.74, 6) is 0.324. The Morgan fingerprint density at radius 3 is 3.00 bits per heavy atom. The van der Waals surface area contributed by atoms with Gasteiger partial charge in [0.2, 0.25) is 0 Å². The van der Waals surface area contributed by atoms with Crippen molar-refractivity contribution in [2.24, 2.45) is 0 Å². The standard InChI is InChI=1S/C13H17FN2/c1-13(2)12-9(6-7-15-13)8-4-3-5-10(14)11(8)16-12/h3-5,9,12,15-16H,6-7H2,1-2H3. The molecule has 1 aromatic rings. The van der Waals surface area contributed by atoms with E-state index in [2.05, 4.69) is 30.5 Å². The molecule has 0 aliphatic carbocycles. The third-order valence-electron chi connectivity index (χ3n) is 3.96. The topological polar surface area (TPSA) is 24.1 Å². The smallest absolute Gasteiger partial charge is 0.146 e. The summed E-state index contributed by atoms with van der Waals surface area (Å²) in [5, 5.41) is 6.86. The van der Waals surface area contributed by atoms with Gasteiger partial charge in [-0.25, -0.2) is 4.39 Å². The molecule has 0 saturated carbocycles. The van der Waals surface area contributed by atoms with Gasteiger partial charge >= 0.3 is 0 Å². The van der Waals surface area contributed by atoms with Crippen molar-refractivity contribution in [3.63, 3.8) is 0 Å². The number of hydrogen-bond donors (Lipinski definition) is 2. The predicted octanol–water partition coefficient (Wildman–Crippen LogP) is 2.48. The minimum absolute atomic E-state index is 0.0222. The molecule has 86 valence electrons. The molecule has 0 aromatic heterocycles. The first kappa shape index (κ1) is 10.1. The second-order valence-corrected chi connectivity index (χ2v) is 5.37. The Morgan fingerprint density at radius 1 is 1.38 bits per heavy atom. The number of piperidine rings is 1. The molecule has 2 nitrogen and oxygen atoms in total. The van der Waals surface area contributed by atoms with Gasteiger partial charge in [-0.2, -0.15) is 0 Å². The normalized spacial score (nSPS) is 30.4. The van der Waals surface area contributed by atoms with E-state index in [9.17, 15) is 4.39 Å². The minimum Gasteiger partial charge on any atom is -0.377 e. The maximum absolute atomic E-state index is 13.7. The Bertz CT molecular complexity index is 428. The largest absolute Gasteiger partial charge is 0.377 e. The molecule has 0 radical (unpaired) electrons. The molecule has 0 bridgehead atoms. The average molecular weight is 220 g/mol. The molecule has 1 aromatic carbocycles. The molecule has 2 heterocycles. The van der Waals surface area contributed by atoms with Crippen LogP contribution in [0.3, 0.4) is 0 Å². The molecule has 0 spiro atoms. The summed E-state index contributed by atoms with van der Waals surface area (Å²) in [5.41, 5.74) is 1.89. The number of para-hydroxylation sites is 1. The van der Waals surface area contributed by atoms with E-state index in [-0.39, 0.29) is 11.4 Å². The number of rotatable bonds is 0. The van der Waals surface area contributed by atoms with Crippen molar-refractivity contribution in [2.45, 2.75) is 37.8 Å². The van der Waals surface area contributed by atoms with Crippen LogP contribution in [-0.4, -0.2) is 18.1 Å². The van der Waals surface area contributed by atoms with Crippen molar-refractivity contribution in [3.05, 3.63) is 29.6 Å². The molecule has 0 amide bonds. The lowest BCUT2D eigenvalue weighted by Gasteiger charge is -2.41. The summed E-state index contributed by atoms with van der Waals surface area (Å²) in [6.07, 6.45) is 1.08. The summed E-state index contributed by atoms with van der Waals surface area (Å²) < 4.78 is 13.7. The zero-order valence-electron chi connectivity index (χ0n) is 9.68. The number of anilines is 1. The fraction of sp³-hybridized carbons (Fsp3) is 0.538. The summed E-state index contributed by atoms with van der Waals surface area (Å²) >= 11 is 0. The third-order valence-corrected chi connectivity index (χ3v) is 3.96. The highest BCUT2D eigenvalue weighted by Gasteiger charge is 2.44. The van der Waals surface area contributed by atoms with Crippen molar-refractivity contribution < 1.29 is 4.39 Å².